The molecular formula is C22H21N5O4S3. The summed E-state index contributed by atoms with van der Waals surface area (Å²) < 4.78 is 7.93. The summed E-state index contributed by atoms with van der Waals surface area (Å²) in [5, 5.41) is 15.4. The van der Waals surface area contributed by atoms with E-state index in [1.165, 1.54) is 23.6 Å². The number of rotatable bonds is 8. The van der Waals surface area contributed by atoms with Crippen molar-refractivity contribution in [2.45, 2.75) is 25.5 Å². The zero-order chi connectivity index (χ0) is 24.4. The largest absolute Gasteiger partial charge is 0.465 e. The predicted molar refractivity (Wildman–Crippen MR) is 135 cm³/mol. The van der Waals surface area contributed by atoms with Crippen LogP contribution in [0.2, 0.25) is 0 Å². The topological polar surface area (TPSA) is 129 Å². The van der Waals surface area contributed by atoms with E-state index in [0.717, 1.165) is 28.1 Å². The number of ether oxygens (including phenoxy) is 1. The van der Waals surface area contributed by atoms with E-state index in [2.05, 4.69) is 33.0 Å². The fourth-order valence-corrected chi connectivity index (χ4v) is 6.31. The lowest BCUT2D eigenvalue weighted by Gasteiger charge is -2.08. The lowest BCUT2D eigenvalue weighted by molar-refractivity contribution is -0.113. The Bertz CT molecular complexity index is 1400. The number of carbonyl (C=O) groups is 3. The predicted octanol–water partition coefficient (Wildman–Crippen LogP) is 4.17. The maximum absolute atomic E-state index is 12.7. The molecule has 0 fully saturated rings. The fourth-order valence-electron chi connectivity index (χ4n) is 3.51. The lowest BCUT2D eigenvalue weighted by Crippen LogP contribution is -2.16. The van der Waals surface area contributed by atoms with Crippen LogP contribution in [0.3, 0.4) is 0 Å². The molecule has 176 valence electrons. The van der Waals surface area contributed by atoms with Crippen LogP contribution in [-0.4, -0.2) is 45.4 Å². The van der Waals surface area contributed by atoms with Crippen LogP contribution in [0.5, 0.6) is 0 Å². The number of nitrogens with zero attached hydrogens (tertiary/aromatic N) is 3. The third kappa shape index (κ3) is 4.43. The van der Waals surface area contributed by atoms with Crippen LogP contribution >= 0.6 is 34.4 Å². The summed E-state index contributed by atoms with van der Waals surface area (Å²) >= 11 is 3.83. The second-order valence-corrected chi connectivity index (χ2v) is 10.0. The molecule has 0 unspecified atom stereocenters. The summed E-state index contributed by atoms with van der Waals surface area (Å²) in [5.41, 5.74) is 6.91. The molecule has 2 amide bonds. The van der Waals surface area contributed by atoms with Gasteiger partial charge in [-0.2, -0.15) is 0 Å². The van der Waals surface area contributed by atoms with Gasteiger partial charge in [-0.15, -0.1) is 32.9 Å². The van der Waals surface area contributed by atoms with Crippen LogP contribution in [0.4, 0.5) is 5.00 Å². The lowest BCUT2D eigenvalue weighted by atomic mass is 10.1. The molecule has 12 heteroatoms. The van der Waals surface area contributed by atoms with E-state index in [0.29, 0.717) is 17.3 Å². The molecule has 0 saturated carbocycles. The third-order valence-corrected chi connectivity index (χ3v) is 8.25. The average molecular weight is 516 g/mol. The highest BCUT2D eigenvalue weighted by molar-refractivity contribution is 7.99. The smallest absolute Gasteiger partial charge is 0.341 e. The Morgan fingerprint density at radius 2 is 2.00 bits per heavy atom. The number of amides is 2. The third-order valence-electron chi connectivity index (χ3n) is 5.10. The van der Waals surface area contributed by atoms with Gasteiger partial charge in [-0.1, -0.05) is 30.0 Å². The Morgan fingerprint density at radius 3 is 2.71 bits per heavy atom. The van der Waals surface area contributed by atoms with Gasteiger partial charge in [-0.25, -0.2) is 4.79 Å². The molecule has 0 radical (unpaired) electrons. The molecule has 0 bridgehead atoms. The van der Waals surface area contributed by atoms with E-state index >= 15 is 0 Å². The molecule has 0 atom stereocenters. The molecule has 4 rings (SSSR count). The number of thioether (sulfide) groups is 1. The van der Waals surface area contributed by atoms with Gasteiger partial charge in [0, 0.05) is 27.6 Å². The minimum Gasteiger partial charge on any atom is -0.465 e. The van der Waals surface area contributed by atoms with Crippen molar-refractivity contribution in [1.82, 2.24) is 14.8 Å². The van der Waals surface area contributed by atoms with Gasteiger partial charge in [-0.3, -0.25) is 9.59 Å². The van der Waals surface area contributed by atoms with E-state index in [1.54, 1.807) is 18.3 Å². The van der Waals surface area contributed by atoms with E-state index in [9.17, 15) is 14.4 Å². The number of anilines is 1. The number of primary amides is 1. The maximum Gasteiger partial charge on any atom is 0.341 e. The number of nitrogens with one attached hydrogen (secondary N) is 1. The van der Waals surface area contributed by atoms with Crippen molar-refractivity contribution in [2.24, 2.45) is 5.73 Å². The van der Waals surface area contributed by atoms with Crippen molar-refractivity contribution in [1.29, 1.82) is 0 Å². The van der Waals surface area contributed by atoms with Gasteiger partial charge in [0.2, 0.25) is 5.91 Å². The normalized spacial score (nSPS) is 11.0. The van der Waals surface area contributed by atoms with E-state index in [4.69, 9.17) is 10.5 Å². The Morgan fingerprint density at radius 1 is 1.24 bits per heavy atom. The second-order valence-electron chi connectivity index (χ2n) is 7.15. The summed E-state index contributed by atoms with van der Waals surface area (Å²) in [5.74, 6) is -0.905. The van der Waals surface area contributed by atoms with Crippen molar-refractivity contribution in [3.8, 4) is 11.4 Å². The molecule has 0 aliphatic rings. The first-order valence-electron chi connectivity index (χ1n) is 10.2. The van der Waals surface area contributed by atoms with Crippen LogP contribution in [0, 0.1) is 6.92 Å². The molecule has 3 aromatic heterocycles. The highest BCUT2D eigenvalue weighted by atomic mass is 32.2. The Labute approximate surface area is 207 Å². The molecule has 0 aliphatic carbocycles. The second kappa shape index (κ2) is 9.95. The monoisotopic (exact) mass is 515 g/mol. The Balaban J connectivity index is 1.53. The summed E-state index contributed by atoms with van der Waals surface area (Å²) in [4.78, 5) is 36.8. The van der Waals surface area contributed by atoms with Crippen LogP contribution < -0.4 is 11.1 Å². The van der Waals surface area contributed by atoms with Gasteiger partial charge in [-0.05, 0) is 25.5 Å². The van der Waals surface area contributed by atoms with Crippen molar-refractivity contribution in [3.05, 3.63) is 45.6 Å². The number of hydrogen-bond acceptors (Lipinski definition) is 9. The van der Waals surface area contributed by atoms with E-state index in [1.807, 2.05) is 23.6 Å². The average Bonchev–Trinajstić information content (AvgIpc) is 3.51. The van der Waals surface area contributed by atoms with Crippen molar-refractivity contribution in [3.63, 3.8) is 0 Å². The summed E-state index contributed by atoms with van der Waals surface area (Å²) in [6.07, 6.45) is 0. The number of methoxy groups -OCH3 is 1. The molecule has 0 spiro atoms. The van der Waals surface area contributed by atoms with Crippen molar-refractivity contribution < 1.29 is 19.1 Å². The number of carbonyl (C=O) groups excluding carboxylic acids is 3. The van der Waals surface area contributed by atoms with Gasteiger partial charge >= 0.3 is 5.97 Å². The minimum atomic E-state index is -0.674. The molecule has 3 N–H and O–H groups in total. The molecule has 4 aromatic rings. The standard InChI is InChI=1S/C22H21N5O4S3/c1-4-27-19(13-9-32-14-8-6-5-7-12(13)14)25-26-22(27)33-10-15(28)24-20-16(21(30)31-3)11(2)17(34-20)18(23)29/h5-9H,4,10H2,1-3H3,(H2,23,29)(H,24,28). The molecule has 0 saturated heterocycles. The van der Waals surface area contributed by atoms with Crippen LogP contribution in [0.1, 0.15) is 32.5 Å². The van der Waals surface area contributed by atoms with Gasteiger partial charge in [0.05, 0.1) is 23.3 Å². The minimum absolute atomic E-state index is 0.0337. The number of thiophene rings is 2. The first-order chi connectivity index (χ1) is 16.3. The SMILES string of the molecule is CCn1c(SCC(=O)Nc2sc(C(N)=O)c(C)c2C(=O)OC)nnc1-c1csc2ccccc12. The summed E-state index contributed by atoms with van der Waals surface area (Å²) in [7, 11) is 1.23. The van der Waals surface area contributed by atoms with Crippen molar-refractivity contribution >= 4 is 67.3 Å². The summed E-state index contributed by atoms with van der Waals surface area (Å²) in [6.45, 7) is 4.22. The Kier molecular flexibility index (Phi) is 7.00. The van der Waals surface area contributed by atoms with Gasteiger partial charge in [0.15, 0.2) is 11.0 Å². The number of benzene rings is 1. The molecule has 1 aromatic carbocycles. The maximum atomic E-state index is 12.7. The number of hydrogen-bond donors (Lipinski definition) is 2. The van der Waals surface area contributed by atoms with Crippen LogP contribution in [-0.2, 0) is 16.1 Å². The Hall–Kier alpha value is -3.22. The highest BCUT2D eigenvalue weighted by Gasteiger charge is 2.25. The quantitative estimate of drug-likeness (QED) is 0.266. The zero-order valence-electron chi connectivity index (χ0n) is 18.6. The molecule has 34 heavy (non-hydrogen) atoms. The number of nitrogens with two attached hydrogens (primary N) is 1. The zero-order valence-corrected chi connectivity index (χ0v) is 21.0. The van der Waals surface area contributed by atoms with Crippen molar-refractivity contribution in [2.75, 3.05) is 18.2 Å². The molecule has 9 nitrogen and oxygen atoms in total. The molecule has 0 aliphatic heterocycles. The molecular weight excluding hydrogens is 494 g/mol. The number of aromatic nitrogens is 3. The number of esters is 1. The van der Waals surface area contributed by atoms with Gasteiger partial charge in [0.1, 0.15) is 5.00 Å². The highest BCUT2D eigenvalue weighted by Crippen LogP contribution is 2.35. The van der Waals surface area contributed by atoms with E-state index in [-0.39, 0.29) is 27.1 Å². The van der Waals surface area contributed by atoms with Gasteiger partial charge in [0.25, 0.3) is 5.91 Å². The van der Waals surface area contributed by atoms with E-state index < -0.39 is 11.9 Å². The fraction of sp³-hybridized carbons (Fsp3) is 0.227. The summed E-state index contributed by atoms with van der Waals surface area (Å²) in [6, 6.07) is 8.11. The first-order valence-corrected chi connectivity index (χ1v) is 12.9. The van der Waals surface area contributed by atoms with Gasteiger partial charge < -0.3 is 20.4 Å². The van der Waals surface area contributed by atoms with Crippen LogP contribution in [0.15, 0.2) is 34.8 Å². The molecule has 3 heterocycles. The first kappa shape index (κ1) is 23.9. The number of fused-ring (bicyclic) bond motifs is 1. The van der Waals surface area contributed by atoms with Crippen LogP contribution in [0.25, 0.3) is 21.5 Å².